The van der Waals surface area contributed by atoms with Crippen molar-refractivity contribution >= 4 is 33.3 Å². The molecule has 0 spiro atoms. The van der Waals surface area contributed by atoms with Crippen LogP contribution in [-0.4, -0.2) is 18.4 Å². The molecule has 1 rings (SSSR count). The van der Waals surface area contributed by atoms with Crippen molar-refractivity contribution in [2.45, 2.75) is 14.8 Å². The molecule has 0 atom stereocenters. The first-order chi connectivity index (χ1) is 5.05. The monoisotopic (exact) mass is 273 g/mol. The van der Waals surface area contributed by atoms with Crippen molar-refractivity contribution in [3.05, 3.63) is 16.3 Å². The summed E-state index contributed by atoms with van der Waals surface area (Å²) in [5.74, 6) is 0. The molecule has 1 aromatic heterocycles. The van der Waals surface area contributed by atoms with Crippen molar-refractivity contribution in [2.75, 3.05) is 0 Å². The Morgan fingerprint density at radius 3 is 2.45 bits per heavy atom. The van der Waals surface area contributed by atoms with Crippen LogP contribution in [0, 0.1) is 11.3 Å². The van der Waals surface area contributed by atoms with Crippen LogP contribution in [0.1, 0.15) is 4.88 Å². The van der Waals surface area contributed by atoms with E-state index in [2.05, 4.69) is 27.0 Å². The number of nitrogens with zero attached hydrogens (tertiary/aromatic N) is 1. The van der Waals surface area contributed by atoms with Gasteiger partial charge in [0.25, 0.3) is 0 Å². The van der Waals surface area contributed by atoms with Gasteiger partial charge in [-0.25, -0.2) is 0 Å². The third-order valence-electron chi connectivity index (χ3n) is 1.57. The van der Waals surface area contributed by atoms with Gasteiger partial charge in [0.2, 0.25) is 0 Å². The van der Waals surface area contributed by atoms with Gasteiger partial charge in [0.1, 0.15) is 0 Å². The van der Waals surface area contributed by atoms with Crippen LogP contribution in [0.2, 0.25) is 14.8 Å². The Morgan fingerprint density at radius 1 is 1.45 bits per heavy atom. The minimum atomic E-state index is -1.96. The van der Waals surface area contributed by atoms with Gasteiger partial charge in [0.15, 0.2) is 0 Å². The molecule has 3 heteroatoms. The molecular weight excluding hydrogens is 261 g/mol. The summed E-state index contributed by atoms with van der Waals surface area (Å²) in [5.41, 5.74) is 0. The topological polar surface area (TPSA) is 23.8 Å². The third-order valence-corrected chi connectivity index (χ3v) is 8.71. The van der Waals surface area contributed by atoms with Gasteiger partial charge in [-0.05, 0) is 0 Å². The van der Waals surface area contributed by atoms with Crippen LogP contribution >= 0.6 is 11.3 Å². The number of thiophene rings is 1. The van der Waals surface area contributed by atoms with Crippen molar-refractivity contribution in [3.63, 3.8) is 0 Å². The molecule has 1 heterocycles. The Balaban J connectivity index is 3.15. The summed E-state index contributed by atoms with van der Waals surface area (Å²) in [7, 11) is 0. The second-order valence-corrected chi connectivity index (χ2v) is 18.8. The molecule has 0 radical (unpaired) electrons. The van der Waals surface area contributed by atoms with Gasteiger partial charge in [-0.1, -0.05) is 0 Å². The molecule has 58 valence electrons. The molecule has 1 nitrogen and oxygen atoms in total. The predicted molar refractivity (Wildman–Crippen MR) is 52.0 cm³/mol. The summed E-state index contributed by atoms with van der Waals surface area (Å²) < 4.78 is 1.37. The molecule has 0 N–H and O–H groups in total. The van der Waals surface area contributed by atoms with Crippen molar-refractivity contribution in [1.82, 2.24) is 0 Å². The number of hydrogen-bond acceptors (Lipinski definition) is 2. The molecule has 0 unspecified atom stereocenters. The molecule has 0 aliphatic carbocycles. The van der Waals surface area contributed by atoms with Gasteiger partial charge < -0.3 is 0 Å². The normalized spacial score (nSPS) is 11.1. The van der Waals surface area contributed by atoms with Crippen LogP contribution in [0.4, 0.5) is 0 Å². The quantitative estimate of drug-likeness (QED) is 0.719. The first-order valence-electron chi connectivity index (χ1n) is 3.54. The molecule has 0 saturated heterocycles. The van der Waals surface area contributed by atoms with Crippen LogP contribution in [-0.2, 0) is 0 Å². The molecule has 0 bridgehead atoms. The van der Waals surface area contributed by atoms with Gasteiger partial charge in [-0.15, -0.1) is 0 Å². The van der Waals surface area contributed by atoms with Crippen LogP contribution in [0.5, 0.6) is 0 Å². The molecule has 0 saturated carbocycles. The average molecular weight is 272 g/mol. The molecule has 1 aromatic rings. The Hall–Kier alpha value is -0.0113. The SMILES string of the molecule is [CH3][Sn]([CH3])([CH3])[c]1ccsc1C#N. The van der Waals surface area contributed by atoms with Gasteiger partial charge in [0, 0.05) is 0 Å². The van der Waals surface area contributed by atoms with Crippen molar-refractivity contribution < 1.29 is 0 Å². The zero-order valence-corrected chi connectivity index (χ0v) is 10.7. The second kappa shape index (κ2) is 3.16. The first kappa shape index (κ1) is 9.08. The summed E-state index contributed by atoms with van der Waals surface area (Å²) in [6, 6.07) is 4.38. The number of nitriles is 1. The fourth-order valence-electron chi connectivity index (χ4n) is 0.986. The van der Waals surface area contributed by atoms with E-state index in [1.165, 1.54) is 3.58 Å². The Labute approximate surface area is 75.5 Å². The van der Waals surface area contributed by atoms with Gasteiger partial charge >= 0.3 is 75.8 Å². The Morgan fingerprint density at radius 2 is 2.09 bits per heavy atom. The Bertz CT molecular complexity index is 290. The zero-order chi connectivity index (χ0) is 8.48. The minimum absolute atomic E-state index is 0.938. The van der Waals surface area contributed by atoms with E-state index in [9.17, 15) is 0 Å². The number of rotatable bonds is 1. The van der Waals surface area contributed by atoms with E-state index in [1.807, 2.05) is 5.38 Å². The molecule has 0 aliphatic heterocycles. The first-order valence-corrected chi connectivity index (χ1v) is 14.4. The molecule has 0 aliphatic rings. The van der Waals surface area contributed by atoms with Crippen LogP contribution in [0.25, 0.3) is 0 Å². The third kappa shape index (κ3) is 1.97. The maximum absolute atomic E-state index is 8.76. The molecular formula is C8H11NSSn. The fourth-order valence-corrected chi connectivity index (χ4v) is 8.25. The average Bonchev–Trinajstić information content (AvgIpc) is 2.31. The van der Waals surface area contributed by atoms with E-state index in [1.54, 1.807) is 11.3 Å². The van der Waals surface area contributed by atoms with Gasteiger partial charge in [-0.2, -0.15) is 0 Å². The van der Waals surface area contributed by atoms with E-state index in [0.29, 0.717) is 0 Å². The van der Waals surface area contributed by atoms with Crippen LogP contribution < -0.4 is 3.58 Å². The second-order valence-electron chi connectivity index (χ2n) is 3.53. The maximum atomic E-state index is 8.76. The van der Waals surface area contributed by atoms with E-state index in [-0.39, 0.29) is 0 Å². The van der Waals surface area contributed by atoms with Crippen molar-refractivity contribution in [2.24, 2.45) is 0 Å². The Kier molecular flexibility index (Phi) is 2.61. The van der Waals surface area contributed by atoms with Crippen LogP contribution in [0.3, 0.4) is 0 Å². The van der Waals surface area contributed by atoms with E-state index in [0.717, 1.165) is 4.88 Å². The molecule has 0 fully saturated rings. The van der Waals surface area contributed by atoms with Gasteiger partial charge in [0.05, 0.1) is 0 Å². The predicted octanol–water partition coefficient (Wildman–Crippen LogP) is 2.16. The summed E-state index contributed by atoms with van der Waals surface area (Å²) in [6.07, 6.45) is 0. The summed E-state index contributed by atoms with van der Waals surface area (Å²) in [5, 5.41) is 10.8. The summed E-state index contributed by atoms with van der Waals surface area (Å²) in [6.45, 7) is 0. The molecule has 11 heavy (non-hydrogen) atoms. The van der Waals surface area contributed by atoms with Crippen molar-refractivity contribution in [1.29, 1.82) is 5.26 Å². The standard InChI is InChI=1S/C5H2NS.3CH3.Sn/c6-4-5-2-1-3-7-5;;;;/h1,3H;3*1H3;. The van der Waals surface area contributed by atoms with E-state index in [4.69, 9.17) is 5.26 Å². The van der Waals surface area contributed by atoms with Crippen LogP contribution in [0.15, 0.2) is 11.4 Å². The molecule has 0 amide bonds. The number of hydrogen-bond donors (Lipinski definition) is 0. The van der Waals surface area contributed by atoms with E-state index >= 15 is 0 Å². The zero-order valence-electron chi connectivity index (χ0n) is 7.01. The summed E-state index contributed by atoms with van der Waals surface area (Å²) in [4.78, 5) is 7.93. The van der Waals surface area contributed by atoms with Crippen molar-refractivity contribution in [3.8, 4) is 6.07 Å². The molecule has 0 aromatic carbocycles. The van der Waals surface area contributed by atoms with E-state index < -0.39 is 18.4 Å². The van der Waals surface area contributed by atoms with Gasteiger partial charge in [-0.3, -0.25) is 0 Å². The fraction of sp³-hybridized carbons (Fsp3) is 0.375. The summed E-state index contributed by atoms with van der Waals surface area (Å²) >= 11 is -0.388.